The first kappa shape index (κ1) is 19.3. The number of anilines is 1. The van der Waals surface area contributed by atoms with Crippen LogP contribution in [0.4, 0.5) is 5.69 Å². The lowest BCUT2D eigenvalue weighted by Crippen LogP contribution is -2.22. The fraction of sp³-hybridized carbons (Fsp3) is 0.111. The van der Waals surface area contributed by atoms with Gasteiger partial charge in [-0.05, 0) is 37.3 Å². The quantitative estimate of drug-likeness (QED) is 0.414. The standard InChI is InChI=1S/C18H16N6O3S2/c1-10(17(25)20-11-6-8-12(9-7-11)29(19,26)27)28-18-22-16-15(23-24-18)13-4-2-3-5-14(13)21-16/h2-10H,1H3,(H,20,25)(H2,19,26,27)(H,21,22,24)/t10-/m0/s1. The third kappa shape index (κ3) is 4.06. The van der Waals surface area contributed by atoms with Crippen molar-refractivity contribution in [2.75, 3.05) is 5.32 Å². The fourth-order valence-electron chi connectivity index (χ4n) is 2.74. The minimum Gasteiger partial charge on any atom is -0.338 e. The van der Waals surface area contributed by atoms with E-state index in [1.54, 1.807) is 6.92 Å². The zero-order chi connectivity index (χ0) is 20.6. The molecule has 0 radical (unpaired) electrons. The largest absolute Gasteiger partial charge is 0.338 e. The maximum absolute atomic E-state index is 12.4. The van der Waals surface area contributed by atoms with Crippen LogP contribution in [0.3, 0.4) is 0 Å². The SMILES string of the molecule is C[C@H](Sc1nnc2c(n1)[nH]c1ccccc12)C(=O)Nc1ccc(S(N)(=O)=O)cc1. The molecule has 2 heterocycles. The number of amides is 1. The second-order valence-electron chi connectivity index (χ2n) is 6.28. The van der Waals surface area contributed by atoms with E-state index in [4.69, 9.17) is 5.14 Å². The van der Waals surface area contributed by atoms with Gasteiger partial charge in [-0.3, -0.25) is 4.79 Å². The van der Waals surface area contributed by atoms with Crippen molar-refractivity contribution in [1.29, 1.82) is 0 Å². The minimum absolute atomic E-state index is 0.0240. The summed E-state index contributed by atoms with van der Waals surface area (Å²) in [6, 6.07) is 13.3. The molecule has 1 atom stereocenters. The summed E-state index contributed by atoms with van der Waals surface area (Å²) in [6.45, 7) is 1.72. The summed E-state index contributed by atoms with van der Waals surface area (Å²) in [7, 11) is -3.78. The average Bonchev–Trinajstić information content (AvgIpc) is 3.05. The topological polar surface area (TPSA) is 144 Å². The first-order valence-electron chi connectivity index (χ1n) is 8.53. The van der Waals surface area contributed by atoms with E-state index in [2.05, 4.69) is 25.5 Å². The number of rotatable bonds is 5. The number of carbonyl (C=O) groups excluding carboxylic acids is 1. The van der Waals surface area contributed by atoms with E-state index in [0.29, 0.717) is 22.0 Å². The van der Waals surface area contributed by atoms with Crippen molar-refractivity contribution in [3.05, 3.63) is 48.5 Å². The number of fused-ring (bicyclic) bond motifs is 3. The second-order valence-corrected chi connectivity index (χ2v) is 9.15. The highest BCUT2D eigenvalue weighted by atomic mass is 32.2. The van der Waals surface area contributed by atoms with Gasteiger partial charge in [0.2, 0.25) is 21.1 Å². The molecule has 9 nitrogen and oxygen atoms in total. The molecule has 0 unspecified atom stereocenters. The van der Waals surface area contributed by atoms with E-state index < -0.39 is 15.3 Å². The molecule has 4 N–H and O–H groups in total. The molecular weight excluding hydrogens is 412 g/mol. The van der Waals surface area contributed by atoms with E-state index in [0.717, 1.165) is 10.9 Å². The molecule has 0 fully saturated rings. The number of aromatic amines is 1. The predicted octanol–water partition coefficient (Wildman–Crippen LogP) is 2.27. The van der Waals surface area contributed by atoms with Gasteiger partial charge in [-0.2, -0.15) is 0 Å². The Morgan fingerprint density at radius 1 is 1.14 bits per heavy atom. The molecule has 2 aromatic carbocycles. The number of H-pyrrole nitrogens is 1. The van der Waals surface area contributed by atoms with E-state index in [1.807, 2.05) is 24.3 Å². The highest BCUT2D eigenvalue weighted by Crippen LogP contribution is 2.25. The Balaban J connectivity index is 1.47. The molecule has 0 saturated heterocycles. The third-order valence-electron chi connectivity index (χ3n) is 4.20. The maximum Gasteiger partial charge on any atom is 0.238 e. The van der Waals surface area contributed by atoms with Gasteiger partial charge in [0.1, 0.15) is 5.52 Å². The van der Waals surface area contributed by atoms with Gasteiger partial charge in [0.05, 0.1) is 10.1 Å². The Kier molecular flexibility index (Phi) is 4.94. The molecule has 4 aromatic rings. The van der Waals surface area contributed by atoms with Crippen molar-refractivity contribution in [3.63, 3.8) is 0 Å². The Hall–Kier alpha value is -3.02. The van der Waals surface area contributed by atoms with Crippen LogP contribution in [-0.4, -0.2) is 39.7 Å². The van der Waals surface area contributed by atoms with E-state index in [9.17, 15) is 13.2 Å². The van der Waals surface area contributed by atoms with Crippen LogP contribution in [0.2, 0.25) is 0 Å². The number of carbonyl (C=O) groups is 1. The van der Waals surface area contributed by atoms with Crippen LogP contribution in [0, 0.1) is 0 Å². The van der Waals surface area contributed by atoms with Crippen molar-refractivity contribution < 1.29 is 13.2 Å². The monoisotopic (exact) mass is 428 g/mol. The minimum atomic E-state index is -3.78. The summed E-state index contributed by atoms with van der Waals surface area (Å²) in [5, 5.41) is 16.9. The lowest BCUT2D eigenvalue weighted by molar-refractivity contribution is -0.115. The molecule has 148 valence electrons. The Morgan fingerprint density at radius 3 is 2.59 bits per heavy atom. The zero-order valence-corrected chi connectivity index (χ0v) is 16.8. The summed E-state index contributed by atoms with van der Waals surface area (Å²) in [6.07, 6.45) is 0. The molecule has 2 aromatic heterocycles. The van der Waals surface area contributed by atoms with Crippen molar-refractivity contribution in [2.24, 2.45) is 5.14 Å². The van der Waals surface area contributed by atoms with Gasteiger partial charge in [0.25, 0.3) is 0 Å². The number of aromatic nitrogens is 4. The molecule has 0 spiro atoms. The van der Waals surface area contributed by atoms with E-state index >= 15 is 0 Å². The van der Waals surface area contributed by atoms with Crippen molar-refractivity contribution >= 4 is 55.4 Å². The summed E-state index contributed by atoms with van der Waals surface area (Å²) in [5.74, 6) is -0.279. The number of para-hydroxylation sites is 1. The molecule has 0 saturated carbocycles. The van der Waals surface area contributed by atoms with E-state index in [-0.39, 0.29) is 10.8 Å². The van der Waals surface area contributed by atoms with Gasteiger partial charge in [0, 0.05) is 16.6 Å². The number of hydrogen-bond donors (Lipinski definition) is 3. The molecular formula is C18H16N6O3S2. The Labute approximate surface area is 170 Å². The third-order valence-corrected chi connectivity index (χ3v) is 6.08. The maximum atomic E-state index is 12.4. The zero-order valence-electron chi connectivity index (χ0n) is 15.2. The molecule has 29 heavy (non-hydrogen) atoms. The van der Waals surface area contributed by atoms with Gasteiger partial charge in [0.15, 0.2) is 5.65 Å². The number of thioether (sulfide) groups is 1. The number of sulfonamides is 1. The molecule has 0 bridgehead atoms. The van der Waals surface area contributed by atoms with Crippen LogP contribution in [-0.2, 0) is 14.8 Å². The molecule has 0 aliphatic carbocycles. The van der Waals surface area contributed by atoms with Crippen LogP contribution < -0.4 is 10.5 Å². The van der Waals surface area contributed by atoms with Gasteiger partial charge < -0.3 is 10.3 Å². The molecule has 11 heteroatoms. The molecule has 4 rings (SSSR count). The van der Waals surface area contributed by atoms with Crippen LogP contribution in [0.25, 0.3) is 22.1 Å². The second kappa shape index (κ2) is 7.43. The van der Waals surface area contributed by atoms with Crippen LogP contribution >= 0.6 is 11.8 Å². The summed E-state index contributed by atoms with van der Waals surface area (Å²) in [5.41, 5.74) is 2.66. The fourth-order valence-corrected chi connectivity index (χ4v) is 3.97. The number of nitrogens with two attached hydrogens (primary N) is 1. The van der Waals surface area contributed by atoms with Gasteiger partial charge >= 0.3 is 0 Å². The predicted molar refractivity (Wildman–Crippen MR) is 111 cm³/mol. The average molecular weight is 428 g/mol. The number of nitrogens with zero attached hydrogens (tertiary/aromatic N) is 3. The summed E-state index contributed by atoms with van der Waals surface area (Å²) < 4.78 is 22.6. The number of primary sulfonamides is 1. The number of benzene rings is 2. The van der Waals surface area contributed by atoms with E-state index in [1.165, 1.54) is 36.0 Å². The molecule has 0 aliphatic rings. The van der Waals surface area contributed by atoms with Crippen LogP contribution in [0.1, 0.15) is 6.92 Å². The van der Waals surface area contributed by atoms with Crippen LogP contribution in [0.5, 0.6) is 0 Å². The molecule has 0 aliphatic heterocycles. The highest BCUT2D eigenvalue weighted by Gasteiger charge is 2.18. The smallest absolute Gasteiger partial charge is 0.238 e. The van der Waals surface area contributed by atoms with Gasteiger partial charge in [-0.15, -0.1) is 10.2 Å². The Morgan fingerprint density at radius 2 is 1.86 bits per heavy atom. The van der Waals surface area contributed by atoms with Crippen molar-refractivity contribution in [2.45, 2.75) is 22.2 Å². The van der Waals surface area contributed by atoms with Gasteiger partial charge in [-0.25, -0.2) is 18.5 Å². The summed E-state index contributed by atoms with van der Waals surface area (Å²) in [4.78, 5) is 20.1. The van der Waals surface area contributed by atoms with Crippen LogP contribution in [0.15, 0.2) is 58.6 Å². The molecule has 1 amide bonds. The normalized spacial score (nSPS) is 12.9. The first-order valence-corrected chi connectivity index (χ1v) is 11.0. The van der Waals surface area contributed by atoms with Crippen molar-refractivity contribution in [3.8, 4) is 0 Å². The lowest BCUT2D eigenvalue weighted by Gasteiger charge is -2.11. The van der Waals surface area contributed by atoms with Crippen molar-refractivity contribution in [1.82, 2.24) is 20.2 Å². The van der Waals surface area contributed by atoms with Gasteiger partial charge in [-0.1, -0.05) is 30.0 Å². The summed E-state index contributed by atoms with van der Waals surface area (Å²) >= 11 is 1.17. The number of hydrogen-bond acceptors (Lipinski definition) is 7. The Bertz CT molecular complexity index is 1320. The highest BCUT2D eigenvalue weighted by molar-refractivity contribution is 8.00. The number of nitrogens with one attached hydrogen (secondary N) is 2. The lowest BCUT2D eigenvalue weighted by atomic mass is 10.2. The first-order chi connectivity index (χ1) is 13.8.